The molecule has 4 aromatic rings. The first kappa shape index (κ1) is 31.1. The second-order valence-corrected chi connectivity index (χ2v) is 13.7. The van der Waals surface area contributed by atoms with Gasteiger partial charge in [-0.05, 0) is 61.8 Å². The fraction of sp³-hybridized carbons (Fsp3) is 0.444. The smallest absolute Gasteiger partial charge is 0.345 e. The molecular formula is C36H35F4N5O3. The number of aromatic hydroxyl groups is 1. The highest BCUT2D eigenvalue weighted by Gasteiger charge is 2.46. The molecule has 48 heavy (non-hydrogen) atoms. The first-order valence-corrected chi connectivity index (χ1v) is 16.4. The SMILES string of the molecule is C#Cc1cccc2cc(O)cc(-c3c(F)cc4c(N5CC6CCC(C5)N6)nc(OCC5(CN6CC[C@H](OC(F)F)C6)CC5)nc4c3F)c12. The van der Waals surface area contributed by atoms with Crippen LogP contribution < -0.4 is 15.0 Å². The number of aromatic nitrogens is 2. The van der Waals surface area contributed by atoms with Crippen molar-refractivity contribution in [1.82, 2.24) is 20.2 Å². The highest BCUT2D eigenvalue weighted by molar-refractivity contribution is 6.04. The summed E-state index contributed by atoms with van der Waals surface area (Å²) in [6.07, 6.45) is 9.61. The Morgan fingerprint density at radius 3 is 2.58 bits per heavy atom. The molecular weight excluding hydrogens is 626 g/mol. The number of fused-ring (bicyclic) bond motifs is 4. The van der Waals surface area contributed by atoms with Crippen LogP contribution in [0, 0.1) is 29.4 Å². The van der Waals surface area contributed by atoms with Crippen LogP contribution in [-0.2, 0) is 4.74 Å². The fourth-order valence-electron chi connectivity index (χ4n) is 7.83. The molecule has 250 valence electrons. The van der Waals surface area contributed by atoms with Gasteiger partial charge in [-0.2, -0.15) is 18.7 Å². The van der Waals surface area contributed by atoms with Crippen molar-refractivity contribution >= 4 is 27.5 Å². The van der Waals surface area contributed by atoms with E-state index in [1.54, 1.807) is 18.2 Å². The summed E-state index contributed by atoms with van der Waals surface area (Å²) in [6.45, 7) is 0.458. The average Bonchev–Trinajstić information content (AvgIpc) is 3.55. The number of likely N-dealkylation sites (tertiary alicyclic amines) is 1. The normalized spacial score (nSPS) is 23.3. The van der Waals surface area contributed by atoms with Gasteiger partial charge in [0.05, 0.1) is 18.3 Å². The fourth-order valence-corrected chi connectivity index (χ4v) is 7.83. The van der Waals surface area contributed by atoms with Crippen molar-refractivity contribution in [3.63, 3.8) is 0 Å². The number of benzene rings is 3. The van der Waals surface area contributed by atoms with Crippen LogP contribution in [0.3, 0.4) is 0 Å². The molecule has 4 aliphatic rings. The Labute approximate surface area is 275 Å². The van der Waals surface area contributed by atoms with E-state index in [9.17, 15) is 13.9 Å². The lowest BCUT2D eigenvalue weighted by molar-refractivity contribution is -0.158. The van der Waals surface area contributed by atoms with Gasteiger partial charge in [0.25, 0.3) is 0 Å². The number of alkyl halides is 2. The van der Waals surface area contributed by atoms with Crippen LogP contribution >= 0.6 is 0 Å². The Morgan fingerprint density at radius 1 is 1.06 bits per heavy atom. The second kappa shape index (κ2) is 12.1. The van der Waals surface area contributed by atoms with Crippen molar-refractivity contribution in [2.75, 3.05) is 44.2 Å². The van der Waals surface area contributed by atoms with E-state index >= 15 is 8.78 Å². The molecule has 8 nitrogen and oxygen atoms in total. The van der Waals surface area contributed by atoms with Crippen LogP contribution in [0.4, 0.5) is 23.4 Å². The lowest BCUT2D eigenvalue weighted by Crippen LogP contribution is -2.51. The summed E-state index contributed by atoms with van der Waals surface area (Å²) in [5, 5.41) is 15.4. The summed E-state index contributed by atoms with van der Waals surface area (Å²) in [5.74, 6) is 1.11. The molecule has 1 aromatic heterocycles. The molecule has 2 N–H and O–H groups in total. The zero-order valence-electron chi connectivity index (χ0n) is 26.2. The zero-order chi connectivity index (χ0) is 33.2. The van der Waals surface area contributed by atoms with Crippen molar-refractivity contribution in [2.45, 2.75) is 56.9 Å². The molecule has 4 heterocycles. The van der Waals surface area contributed by atoms with Crippen LogP contribution in [0.1, 0.15) is 37.7 Å². The molecule has 3 saturated heterocycles. The molecule has 2 bridgehead atoms. The minimum absolute atomic E-state index is 0.0171. The Hall–Kier alpha value is -4.18. The number of rotatable bonds is 9. The predicted octanol–water partition coefficient (Wildman–Crippen LogP) is 5.83. The van der Waals surface area contributed by atoms with Gasteiger partial charge in [0, 0.05) is 72.1 Å². The number of nitrogens with zero attached hydrogens (tertiary/aromatic N) is 4. The summed E-state index contributed by atoms with van der Waals surface area (Å²) >= 11 is 0. The van der Waals surface area contributed by atoms with Gasteiger partial charge in [0.15, 0.2) is 5.82 Å². The highest BCUT2D eigenvalue weighted by atomic mass is 19.3. The summed E-state index contributed by atoms with van der Waals surface area (Å²) in [6, 6.07) is 9.68. The number of terminal acetylenes is 1. The van der Waals surface area contributed by atoms with E-state index in [-0.39, 0.29) is 57.9 Å². The van der Waals surface area contributed by atoms with Crippen molar-refractivity contribution in [3.05, 3.63) is 53.6 Å². The Bertz CT molecular complexity index is 1940. The van der Waals surface area contributed by atoms with Gasteiger partial charge in [0.2, 0.25) is 0 Å². The van der Waals surface area contributed by atoms with Gasteiger partial charge in [-0.15, -0.1) is 6.42 Å². The molecule has 3 aliphatic heterocycles. The minimum atomic E-state index is -2.79. The van der Waals surface area contributed by atoms with Crippen LogP contribution in [-0.4, -0.2) is 84.1 Å². The van der Waals surface area contributed by atoms with Crippen LogP contribution in [0.25, 0.3) is 32.8 Å². The third-order valence-electron chi connectivity index (χ3n) is 10.3. The lowest BCUT2D eigenvalue weighted by Gasteiger charge is -2.34. The van der Waals surface area contributed by atoms with Crippen LogP contribution in [0.2, 0.25) is 0 Å². The minimum Gasteiger partial charge on any atom is -0.508 e. The number of ether oxygens (including phenoxy) is 2. The first-order valence-electron chi connectivity index (χ1n) is 16.4. The van der Waals surface area contributed by atoms with E-state index < -0.39 is 24.3 Å². The number of phenolic OH excluding ortho intramolecular Hbond substituents is 1. The first-order chi connectivity index (χ1) is 23.2. The van der Waals surface area contributed by atoms with Crippen molar-refractivity contribution in [1.29, 1.82) is 0 Å². The maximum absolute atomic E-state index is 16.9. The summed E-state index contributed by atoms with van der Waals surface area (Å²) in [7, 11) is 0. The standard InChI is InChI=1S/C36H35F4N5O3/c1-2-20-4-3-5-21-12-24(46)13-26(29(20)21)30-28(37)14-27-32(31(30)38)42-35(43-33(27)45-15-22-6-7-23(16-45)41-22)47-19-36(9-10-36)18-44-11-8-25(17-44)48-34(39)40/h1,3-5,12-14,22-23,25,34,41,46H,6-11,15-19H2/t22?,23?,25-/m0/s1. The Balaban J connectivity index is 1.18. The maximum atomic E-state index is 16.9. The molecule has 0 radical (unpaired) electrons. The summed E-state index contributed by atoms with van der Waals surface area (Å²) < 4.78 is 69.5. The van der Waals surface area contributed by atoms with Gasteiger partial charge < -0.3 is 24.8 Å². The van der Waals surface area contributed by atoms with Gasteiger partial charge >= 0.3 is 12.6 Å². The van der Waals surface area contributed by atoms with Gasteiger partial charge in [-0.3, -0.25) is 4.90 Å². The topological polar surface area (TPSA) is 83.0 Å². The molecule has 3 atom stereocenters. The largest absolute Gasteiger partial charge is 0.508 e. The average molecular weight is 662 g/mol. The highest BCUT2D eigenvalue weighted by Crippen LogP contribution is 2.47. The molecule has 3 aromatic carbocycles. The molecule has 0 spiro atoms. The Kier molecular flexibility index (Phi) is 7.81. The molecule has 2 unspecified atom stereocenters. The third-order valence-corrected chi connectivity index (χ3v) is 10.3. The van der Waals surface area contributed by atoms with Gasteiger partial charge in [-0.1, -0.05) is 18.1 Å². The number of anilines is 1. The molecule has 0 amide bonds. The summed E-state index contributed by atoms with van der Waals surface area (Å²) in [4.78, 5) is 13.4. The second-order valence-electron chi connectivity index (χ2n) is 13.7. The monoisotopic (exact) mass is 661 g/mol. The van der Waals surface area contributed by atoms with E-state index in [1.807, 2.05) is 0 Å². The van der Waals surface area contributed by atoms with E-state index in [0.29, 0.717) is 61.3 Å². The molecule has 12 heteroatoms. The predicted molar refractivity (Wildman–Crippen MR) is 173 cm³/mol. The molecule has 8 rings (SSSR count). The van der Waals surface area contributed by atoms with E-state index in [1.165, 1.54) is 18.2 Å². The van der Waals surface area contributed by atoms with E-state index in [2.05, 4.69) is 26.0 Å². The lowest BCUT2D eigenvalue weighted by atomic mass is 9.93. The number of hydrogen-bond acceptors (Lipinski definition) is 8. The molecule has 1 aliphatic carbocycles. The van der Waals surface area contributed by atoms with E-state index in [4.69, 9.17) is 20.9 Å². The van der Waals surface area contributed by atoms with E-state index in [0.717, 1.165) is 25.7 Å². The van der Waals surface area contributed by atoms with Crippen LogP contribution in [0.5, 0.6) is 11.8 Å². The number of halogens is 4. The number of hydrogen-bond donors (Lipinski definition) is 2. The quantitative estimate of drug-likeness (QED) is 0.172. The zero-order valence-corrected chi connectivity index (χ0v) is 26.2. The van der Waals surface area contributed by atoms with Gasteiger partial charge in [0.1, 0.15) is 22.9 Å². The number of phenols is 1. The number of nitrogens with one attached hydrogen (secondary N) is 1. The van der Waals surface area contributed by atoms with Crippen LogP contribution in [0.15, 0.2) is 36.4 Å². The third kappa shape index (κ3) is 5.78. The Morgan fingerprint density at radius 2 is 1.85 bits per heavy atom. The van der Waals surface area contributed by atoms with Crippen molar-refractivity contribution in [3.8, 4) is 35.2 Å². The maximum Gasteiger partial charge on any atom is 0.345 e. The van der Waals surface area contributed by atoms with Crippen molar-refractivity contribution in [2.24, 2.45) is 5.41 Å². The number of piperazine rings is 1. The molecule has 1 saturated carbocycles. The van der Waals surface area contributed by atoms with Gasteiger partial charge in [-0.25, -0.2) is 8.78 Å². The summed E-state index contributed by atoms with van der Waals surface area (Å²) in [5.41, 5.74) is -0.0936. The van der Waals surface area contributed by atoms with Crippen molar-refractivity contribution < 1.29 is 32.1 Å². The molecule has 4 fully saturated rings.